The van der Waals surface area contributed by atoms with Gasteiger partial charge in [0, 0.05) is 45.9 Å². The highest BCUT2D eigenvalue weighted by Gasteiger charge is 2.46. The van der Waals surface area contributed by atoms with Crippen molar-refractivity contribution in [2.24, 2.45) is 0 Å². The minimum Gasteiger partial charge on any atom is -0.361 e. The summed E-state index contributed by atoms with van der Waals surface area (Å²) in [4.78, 5) is 32.9. The second kappa shape index (κ2) is 8.52. The van der Waals surface area contributed by atoms with Gasteiger partial charge in [0.2, 0.25) is 5.91 Å². The molecule has 0 saturated carbocycles. The van der Waals surface area contributed by atoms with Gasteiger partial charge in [0.05, 0.1) is 13.2 Å². The van der Waals surface area contributed by atoms with Gasteiger partial charge in [-0.25, -0.2) is 0 Å². The third-order valence-corrected chi connectivity index (χ3v) is 5.12. The highest BCUT2D eigenvalue weighted by atomic mass is 16.5. The maximum Gasteiger partial charge on any atom is 0.256 e. The quantitative estimate of drug-likeness (QED) is 0.798. The van der Waals surface area contributed by atoms with Crippen molar-refractivity contribution in [3.63, 3.8) is 0 Å². The fourth-order valence-corrected chi connectivity index (χ4v) is 3.74. The van der Waals surface area contributed by atoms with E-state index >= 15 is 0 Å². The van der Waals surface area contributed by atoms with Crippen LogP contribution in [0.3, 0.4) is 0 Å². The van der Waals surface area contributed by atoms with E-state index in [9.17, 15) is 9.59 Å². The van der Waals surface area contributed by atoms with Gasteiger partial charge in [-0.15, -0.1) is 0 Å². The number of nitrogens with zero attached hydrogens (tertiary/aromatic N) is 3. The molecule has 1 aromatic carbocycles. The Bertz CT molecular complexity index is 838. The Labute approximate surface area is 166 Å². The SMILES string of the molecule is CCC(=O)N1CCOC(Cc2ccccc2-c2ccncc2)(C(=O)N(C)C)C1. The molecular weight excluding hydrogens is 354 g/mol. The number of benzene rings is 1. The second-order valence-electron chi connectivity index (χ2n) is 7.28. The van der Waals surface area contributed by atoms with Gasteiger partial charge in [0.25, 0.3) is 5.91 Å². The third-order valence-electron chi connectivity index (χ3n) is 5.12. The molecule has 148 valence electrons. The Kier molecular flexibility index (Phi) is 6.09. The van der Waals surface area contributed by atoms with Crippen molar-refractivity contribution < 1.29 is 14.3 Å². The summed E-state index contributed by atoms with van der Waals surface area (Å²) in [5, 5.41) is 0. The molecule has 0 aliphatic carbocycles. The molecule has 1 unspecified atom stereocenters. The normalized spacial score (nSPS) is 19.3. The van der Waals surface area contributed by atoms with E-state index in [0.717, 1.165) is 16.7 Å². The minimum atomic E-state index is -1.09. The standard InChI is InChI=1S/C22H27N3O3/c1-4-20(26)25-13-14-28-22(16-25,21(27)24(2)3)15-18-7-5-6-8-19(18)17-9-11-23-12-10-17/h5-12H,4,13-16H2,1-3H3. The molecule has 28 heavy (non-hydrogen) atoms. The van der Waals surface area contributed by atoms with E-state index in [1.807, 2.05) is 43.3 Å². The first-order valence-corrected chi connectivity index (χ1v) is 9.58. The lowest BCUT2D eigenvalue weighted by Crippen LogP contribution is -2.61. The summed E-state index contributed by atoms with van der Waals surface area (Å²) in [5.74, 6) is -0.0766. The second-order valence-corrected chi connectivity index (χ2v) is 7.28. The van der Waals surface area contributed by atoms with Gasteiger partial charge in [-0.3, -0.25) is 14.6 Å². The Morgan fingerprint density at radius 3 is 2.57 bits per heavy atom. The number of hydrogen-bond acceptors (Lipinski definition) is 4. The lowest BCUT2D eigenvalue weighted by Gasteiger charge is -2.43. The van der Waals surface area contributed by atoms with Crippen LogP contribution in [-0.2, 0) is 20.7 Å². The summed E-state index contributed by atoms with van der Waals surface area (Å²) in [5.41, 5.74) is 2.00. The van der Waals surface area contributed by atoms with E-state index in [2.05, 4.69) is 4.98 Å². The van der Waals surface area contributed by atoms with Gasteiger partial charge >= 0.3 is 0 Å². The molecule has 0 N–H and O–H groups in total. The molecule has 1 saturated heterocycles. The molecule has 1 aliphatic rings. The number of rotatable bonds is 5. The van der Waals surface area contributed by atoms with Crippen LogP contribution in [0.4, 0.5) is 0 Å². The van der Waals surface area contributed by atoms with Crippen LogP contribution in [0.15, 0.2) is 48.8 Å². The molecule has 0 radical (unpaired) electrons. The van der Waals surface area contributed by atoms with E-state index in [0.29, 0.717) is 26.0 Å². The van der Waals surface area contributed by atoms with Crippen molar-refractivity contribution in [2.75, 3.05) is 33.8 Å². The van der Waals surface area contributed by atoms with Gasteiger partial charge in [-0.05, 0) is 28.8 Å². The zero-order valence-electron chi connectivity index (χ0n) is 16.7. The van der Waals surface area contributed by atoms with E-state index in [-0.39, 0.29) is 18.4 Å². The largest absolute Gasteiger partial charge is 0.361 e. The molecule has 0 spiro atoms. The van der Waals surface area contributed by atoms with Crippen LogP contribution in [-0.4, -0.2) is 66.0 Å². The number of pyridine rings is 1. The predicted molar refractivity (Wildman–Crippen MR) is 108 cm³/mol. The monoisotopic (exact) mass is 381 g/mol. The summed E-state index contributed by atoms with van der Waals surface area (Å²) in [6.45, 7) is 2.97. The van der Waals surface area contributed by atoms with E-state index in [1.165, 1.54) is 0 Å². The van der Waals surface area contributed by atoms with Crippen LogP contribution in [0.5, 0.6) is 0 Å². The number of aromatic nitrogens is 1. The van der Waals surface area contributed by atoms with Gasteiger partial charge in [-0.2, -0.15) is 0 Å². The summed E-state index contributed by atoms with van der Waals surface area (Å²) >= 11 is 0. The topological polar surface area (TPSA) is 62.7 Å². The van der Waals surface area contributed by atoms with Gasteiger partial charge in [-0.1, -0.05) is 31.2 Å². The maximum atomic E-state index is 13.2. The molecule has 2 aromatic rings. The van der Waals surface area contributed by atoms with Crippen molar-refractivity contribution in [3.05, 3.63) is 54.4 Å². The molecular formula is C22H27N3O3. The summed E-state index contributed by atoms with van der Waals surface area (Å²) in [7, 11) is 3.45. The average Bonchev–Trinajstić information content (AvgIpc) is 2.73. The first kappa shape index (κ1) is 20.0. The number of amides is 2. The van der Waals surface area contributed by atoms with E-state index < -0.39 is 5.60 Å². The molecule has 1 aliphatic heterocycles. The summed E-state index contributed by atoms with van der Waals surface area (Å²) < 4.78 is 6.11. The summed E-state index contributed by atoms with van der Waals surface area (Å²) in [6.07, 6.45) is 4.33. The van der Waals surface area contributed by atoms with Gasteiger partial charge in [0.15, 0.2) is 5.60 Å². The highest BCUT2D eigenvalue weighted by Crippen LogP contribution is 2.31. The van der Waals surface area contributed by atoms with Gasteiger partial charge in [0.1, 0.15) is 0 Å². The Morgan fingerprint density at radius 2 is 1.89 bits per heavy atom. The minimum absolute atomic E-state index is 0.0432. The lowest BCUT2D eigenvalue weighted by molar-refractivity contribution is -0.172. The Balaban J connectivity index is 2.00. The van der Waals surface area contributed by atoms with E-state index in [4.69, 9.17) is 4.74 Å². The smallest absolute Gasteiger partial charge is 0.256 e. The molecule has 1 atom stereocenters. The van der Waals surface area contributed by atoms with Crippen molar-refractivity contribution in [1.82, 2.24) is 14.8 Å². The number of carbonyl (C=O) groups is 2. The number of likely N-dealkylation sites (N-methyl/N-ethyl adjacent to an activating group) is 1. The number of hydrogen-bond donors (Lipinski definition) is 0. The third kappa shape index (κ3) is 4.07. The zero-order valence-corrected chi connectivity index (χ0v) is 16.7. The molecule has 0 bridgehead atoms. The first-order valence-electron chi connectivity index (χ1n) is 9.58. The molecule has 2 heterocycles. The molecule has 1 fully saturated rings. The number of morpholine rings is 1. The fourth-order valence-electron chi connectivity index (χ4n) is 3.74. The Hall–Kier alpha value is -2.73. The number of carbonyl (C=O) groups excluding carboxylic acids is 2. The fraction of sp³-hybridized carbons (Fsp3) is 0.409. The molecule has 1 aromatic heterocycles. The number of ether oxygens (including phenoxy) is 1. The van der Waals surface area contributed by atoms with Crippen LogP contribution in [0.2, 0.25) is 0 Å². The van der Waals surface area contributed by atoms with Crippen molar-refractivity contribution in [3.8, 4) is 11.1 Å². The molecule has 3 rings (SSSR count). The average molecular weight is 381 g/mol. The molecule has 6 nitrogen and oxygen atoms in total. The lowest BCUT2D eigenvalue weighted by atomic mass is 9.87. The van der Waals surface area contributed by atoms with Crippen LogP contribution in [0, 0.1) is 0 Å². The van der Waals surface area contributed by atoms with Crippen LogP contribution >= 0.6 is 0 Å². The maximum absolute atomic E-state index is 13.2. The molecule has 6 heteroatoms. The van der Waals surface area contributed by atoms with Crippen molar-refractivity contribution in [1.29, 1.82) is 0 Å². The zero-order chi connectivity index (χ0) is 20.1. The highest BCUT2D eigenvalue weighted by molar-refractivity contribution is 5.87. The van der Waals surface area contributed by atoms with Crippen LogP contribution in [0.1, 0.15) is 18.9 Å². The van der Waals surface area contributed by atoms with E-state index in [1.54, 1.807) is 36.3 Å². The summed E-state index contributed by atoms with van der Waals surface area (Å²) in [6, 6.07) is 11.9. The Morgan fingerprint density at radius 1 is 1.18 bits per heavy atom. The molecule has 2 amide bonds. The predicted octanol–water partition coefficient (Wildman–Crippen LogP) is 2.39. The van der Waals surface area contributed by atoms with Crippen LogP contribution < -0.4 is 0 Å². The van der Waals surface area contributed by atoms with Crippen molar-refractivity contribution in [2.45, 2.75) is 25.4 Å². The first-order chi connectivity index (χ1) is 13.5. The van der Waals surface area contributed by atoms with Crippen molar-refractivity contribution >= 4 is 11.8 Å². The van der Waals surface area contributed by atoms with Gasteiger partial charge < -0.3 is 14.5 Å². The van der Waals surface area contributed by atoms with Crippen LogP contribution in [0.25, 0.3) is 11.1 Å².